The molecule has 2 amide bonds. The molecule has 1 heterocycles. The van der Waals surface area contributed by atoms with Crippen molar-refractivity contribution in [1.82, 2.24) is 15.1 Å². The van der Waals surface area contributed by atoms with E-state index in [2.05, 4.69) is 5.32 Å². The zero-order valence-electron chi connectivity index (χ0n) is 12.9. The Bertz CT molecular complexity index is 292. The molecule has 1 unspecified atom stereocenters. The number of aliphatic hydroxyl groups excluding tert-OH is 1. The van der Waals surface area contributed by atoms with Crippen molar-refractivity contribution in [3.05, 3.63) is 0 Å². The summed E-state index contributed by atoms with van der Waals surface area (Å²) in [6.07, 6.45) is 1.57. The average molecular weight is 271 g/mol. The van der Waals surface area contributed by atoms with E-state index >= 15 is 0 Å². The summed E-state index contributed by atoms with van der Waals surface area (Å²) in [7, 11) is 3.57. The summed E-state index contributed by atoms with van der Waals surface area (Å²) >= 11 is 0. The van der Waals surface area contributed by atoms with Crippen molar-refractivity contribution in [2.45, 2.75) is 45.8 Å². The van der Waals surface area contributed by atoms with Crippen LogP contribution >= 0.6 is 0 Å². The van der Waals surface area contributed by atoms with E-state index in [1.54, 1.807) is 19.0 Å². The van der Waals surface area contributed by atoms with E-state index in [9.17, 15) is 9.90 Å². The lowest BCUT2D eigenvalue weighted by atomic mass is 9.89. The fourth-order valence-electron chi connectivity index (χ4n) is 2.14. The van der Waals surface area contributed by atoms with Crippen LogP contribution in [0.5, 0.6) is 0 Å². The van der Waals surface area contributed by atoms with Crippen LogP contribution in [0.15, 0.2) is 0 Å². The molecular formula is C14H29N3O2. The van der Waals surface area contributed by atoms with E-state index in [0.29, 0.717) is 12.6 Å². The maximum Gasteiger partial charge on any atom is 0.319 e. The van der Waals surface area contributed by atoms with Gasteiger partial charge >= 0.3 is 6.03 Å². The van der Waals surface area contributed by atoms with Gasteiger partial charge < -0.3 is 20.2 Å². The molecule has 5 heteroatoms. The van der Waals surface area contributed by atoms with Gasteiger partial charge in [0.25, 0.3) is 0 Å². The van der Waals surface area contributed by atoms with Crippen LogP contribution in [0.25, 0.3) is 0 Å². The molecule has 2 N–H and O–H groups in total. The molecule has 0 aromatic carbocycles. The van der Waals surface area contributed by atoms with Crippen LogP contribution in [0.3, 0.4) is 0 Å². The number of carbonyl (C=O) groups excluding carboxylic acids is 1. The van der Waals surface area contributed by atoms with Gasteiger partial charge in [0.15, 0.2) is 0 Å². The lowest BCUT2D eigenvalue weighted by Gasteiger charge is -2.35. The molecule has 1 fully saturated rings. The van der Waals surface area contributed by atoms with Crippen LogP contribution in [-0.4, -0.2) is 66.8 Å². The Morgan fingerprint density at radius 1 is 1.37 bits per heavy atom. The largest absolute Gasteiger partial charge is 0.391 e. The molecular weight excluding hydrogens is 242 g/mol. The van der Waals surface area contributed by atoms with E-state index < -0.39 is 0 Å². The average Bonchev–Trinajstić information content (AvgIpc) is 2.34. The number of hydrogen-bond donors (Lipinski definition) is 2. The van der Waals surface area contributed by atoms with Gasteiger partial charge in [0, 0.05) is 39.8 Å². The highest BCUT2D eigenvalue weighted by molar-refractivity contribution is 5.73. The van der Waals surface area contributed by atoms with Crippen LogP contribution in [0.2, 0.25) is 0 Å². The maximum atomic E-state index is 11.8. The summed E-state index contributed by atoms with van der Waals surface area (Å²) in [5, 5.41) is 13.4. The maximum absolute atomic E-state index is 11.8. The Morgan fingerprint density at radius 3 is 2.32 bits per heavy atom. The topological polar surface area (TPSA) is 55.8 Å². The van der Waals surface area contributed by atoms with Gasteiger partial charge in [-0.05, 0) is 18.3 Å². The molecule has 19 heavy (non-hydrogen) atoms. The minimum absolute atomic E-state index is 0.0887. The Labute approximate surface area is 117 Å². The first-order valence-corrected chi connectivity index (χ1v) is 7.09. The first kappa shape index (κ1) is 16.2. The lowest BCUT2D eigenvalue weighted by molar-refractivity contribution is 0.0576. The van der Waals surface area contributed by atoms with E-state index in [1.165, 1.54) is 0 Å². The SMILES string of the molecule is CN(C)C(=O)N1CCC(NCC(O)C(C)(C)C)CC1. The smallest absolute Gasteiger partial charge is 0.319 e. The van der Waals surface area contributed by atoms with Crippen LogP contribution in [0.1, 0.15) is 33.6 Å². The monoisotopic (exact) mass is 271 g/mol. The molecule has 1 aliphatic rings. The number of likely N-dealkylation sites (tertiary alicyclic amines) is 1. The number of hydrogen-bond acceptors (Lipinski definition) is 3. The molecule has 1 atom stereocenters. The van der Waals surface area contributed by atoms with Crippen LogP contribution in [0, 0.1) is 5.41 Å². The number of amides is 2. The molecule has 0 aromatic rings. The van der Waals surface area contributed by atoms with Crippen molar-refractivity contribution in [3.63, 3.8) is 0 Å². The number of urea groups is 1. The predicted molar refractivity (Wildman–Crippen MR) is 77.1 cm³/mol. The molecule has 5 nitrogen and oxygen atoms in total. The first-order chi connectivity index (χ1) is 8.71. The van der Waals surface area contributed by atoms with Crippen molar-refractivity contribution in [1.29, 1.82) is 0 Å². The highest BCUT2D eigenvalue weighted by Gasteiger charge is 2.26. The minimum atomic E-state index is -0.339. The second-order valence-electron chi connectivity index (χ2n) is 6.73. The minimum Gasteiger partial charge on any atom is -0.391 e. The summed E-state index contributed by atoms with van der Waals surface area (Å²) in [5.74, 6) is 0. The number of piperidine rings is 1. The molecule has 112 valence electrons. The van der Waals surface area contributed by atoms with Crippen molar-refractivity contribution in [2.75, 3.05) is 33.7 Å². The van der Waals surface area contributed by atoms with Gasteiger partial charge in [0.05, 0.1) is 6.10 Å². The number of nitrogens with one attached hydrogen (secondary N) is 1. The summed E-state index contributed by atoms with van der Waals surface area (Å²) in [6.45, 7) is 8.32. The lowest BCUT2D eigenvalue weighted by Crippen LogP contribution is -2.49. The molecule has 1 aliphatic heterocycles. The van der Waals surface area contributed by atoms with Gasteiger partial charge in [-0.25, -0.2) is 4.79 Å². The van der Waals surface area contributed by atoms with Crippen molar-refractivity contribution in [3.8, 4) is 0 Å². The third-order valence-corrected chi connectivity index (χ3v) is 3.75. The molecule has 0 radical (unpaired) electrons. The Hall–Kier alpha value is -0.810. The fourth-order valence-corrected chi connectivity index (χ4v) is 2.14. The van der Waals surface area contributed by atoms with Gasteiger partial charge in [-0.15, -0.1) is 0 Å². The highest BCUT2D eigenvalue weighted by atomic mass is 16.3. The Balaban J connectivity index is 2.29. The van der Waals surface area contributed by atoms with E-state index in [4.69, 9.17) is 0 Å². The van der Waals surface area contributed by atoms with Crippen LogP contribution in [0.4, 0.5) is 4.79 Å². The Morgan fingerprint density at radius 2 is 1.89 bits per heavy atom. The van der Waals surface area contributed by atoms with Crippen molar-refractivity contribution in [2.24, 2.45) is 5.41 Å². The van der Waals surface area contributed by atoms with Gasteiger partial charge in [0.2, 0.25) is 0 Å². The second kappa shape index (κ2) is 6.57. The molecule has 0 saturated carbocycles. The normalized spacial score (nSPS) is 19.4. The molecule has 1 saturated heterocycles. The summed E-state index contributed by atoms with van der Waals surface area (Å²) in [5.41, 5.74) is -0.0887. The standard InChI is InChI=1S/C14H29N3O2/c1-14(2,3)12(18)10-15-11-6-8-17(9-7-11)13(19)16(4)5/h11-12,15,18H,6-10H2,1-5H3. The summed E-state index contributed by atoms with van der Waals surface area (Å²) < 4.78 is 0. The number of rotatable bonds is 3. The van der Waals surface area contributed by atoms with Gasteiger partial charge in [0.1, 0.15) is 0 Å². The molecule has 0 spiro atoms. The zero-order chi connectivity index (χ0) is 14.6. The molecule has 0 aromatic heterocycles. The molecule has 0 aliphatic carbocycles. The third-order valence-electron chi connectivity index (χ3n) is 3.75. The zero-order valence-corrected chi connectivity index (χ0v) is 12.9. The van der Waals surface area contributed by atoms with E-state index in [0.717, 1.165) is 25.9 Å². The fraction of sp³-hybridized carbons (Fsp3) is 0.929. The van der Waals surface area contributed by atoms with Crippen LogP contribution < -0.4 is 5.32 Å². The molecule has 0 bridgehead atoms. The predicted octanol–water partition coefficient (Wildman–Crippen LogP) is 1.13. The van der Waals surface area contributed by atoms with Crippen LogP contribution in [-0.2, 0) is 0 Å². The third kappa shape index (κ3) is 4.99. The van der Waals surface area contributed by atoms with E-state index in [1.807, 2.05) is 25.7 Å². The summed E-state index contributed by atoms with van der Waals surface area (Å²) in [6, 6.07) is 0.497. The molecule has 1 rings (SSSR count). The quantitative estimate of drug-likeness (QED) is 0.809. The van der Waals surface area contributed by atoms with E-state index in [-0.39, 0.29) is 17.6 Å². The van der Waals surface area contributed by atoms with Crippen molar-refractivity contribution >= 4 is 6.03 Å². The van der Waals surface area contributed by atoms with Gasteiger partial charge in [-0.2, -0.15) is 0 Å². The first-order valence-electron chi connectivity index (χ1n) is 7.09. The Kier molecular flexibility index (Phi) is 5.62. The second-order valence-corrected chi connectivity index (χ2v) is 6.73. The number of nitrogens with zero attached hydrogens (tertiary/aromatic N) is 2. The summed E-state index contributed by atoms with van der Waals surface area (Å²) in [4.78, 5) is 15.3. The highest BCUT2D eigenvalue weighted by Crippen LogP contribution is 2.19. The number of carbonyl (C=O) groups is 1. The number of aliphatic hydroxyl groups is 1. The van der Waals surface area contributed by atoms with Gasteiger partial charge in [-0.1, -0.05) is 20.8 Å². The van der Waals surface area contributed by atoms with Crippen molar-refractivity contribution < 1.29 is 9.90 Å². The van der Waals surface area contributed by atoms with Gasteiger partial charge in [-0.3, -0.25) is 0 Å².